The summed E-state index contributed by atoms with van der Waals surface area (Å²) in [5.41, 5.74) is 0. The van der Waals surface area contributed by atoms with Gasteiger partial charge in [-0.2, -0.15) is 0 Å². The summed E-state index contributed by atoms with van der Waals surface area (Å²) in [5, 5.41) is 9.68. The lowest BCUT2D eigenvalue weighted by Crippen LogP contribution is -2.50. The molecule has 0 saturated heterocycles. The number of quaternary nitrogens is 1. The van der Waals surface area contributed by atoms with Crippen molar-refractivity contribution in [3.8, 4) is 0 Å². The summed E-state index contributed by atoms with van der Waals surface area (Å²) in [6.45, 7) is 4.68. The summed E-state index contributed by atoms with van der Waals surface area (Å²) in [7, 11) is 5.55. The van der Waals surface area contributed by atoms with Gasteiger partial charge in [0.05, 0.1) is 34.4 Å². The number of esters is 2. The first-order valence-electron chi connectivity index (χ1n) is 28.5. The zero-order chi connectivity index (χ0) is 49.2. The first-order chi connectivity index (χ1) is 32.6. The van der Waals surface area contributed by atoms with Gasteiger partial charge in [0, 0.05) is 19.3 Å². The number of carboxylic acid groups (broad SMARTS) is 1. The highest BCUT2D eigenvalue weighted by Gasteiger charge is 2.31. The van der Waals surface area contributed by atoms with E-state index in [1.165, 1.54) is 180 Å². The van der Waals surface area contributed by atoms with E-state index >= 15 is 0 Å². The van der Waals surface area contributed by atoms with Crippen molar-refractivity contribution in [3.05, 3.63) is 36.5 Å². The fourth-order valence-electron chi connectivity index (χ4n) is 8.70. The molecule has 0 aliphatic heterocycles. The Bertz CT molecular complexity index is 1190. The van der Waals surface area contributed by atoms with Crippen LogP contribution >= 0.6 is 0 Å². The van der Waals surface area contributed by atoms with Crippen LogP contribution in [0.5, 0.6) is 0 Å². The van der Waals surface area contributed by atoms with Crippen LogP contribution in [0.4, 0.5) is 0 Å². The van der Waals surface area contributed by atoms with Crippen LogP contribution in [0.2, 0.25) is 0 Å². The molecule has 0 radical (unpaired) electrons. The van der Waals surface area contributed by atoms with E-state index in [0.717, 1.165) is 57.8 Å². The van der Waals surface area contributed by atoms with Gasteiger partial charge in [-0.1, -0.05) is 243 Å². The van der Waals surface area contributed by atoms with E-state index in [-0.39, 0.29) is 36.2 Å². The number of carbonyl (C=O) groups excluding carboxylic acids is 2. The summed E-state index contributed by atoms with van der Waals surface area (Å²) in [4.78, 5) is 37.3. The monoisotopic (exact) mass is 945 g/mol. The number of carbonyl (C=O) groups is 3. The lowest BCUT2D eigenvalue weighted by atomic mass is 10.0. The van der Waals surface area contributed by atoms with E-state index in [9.17, 15) is 19.5 Å². The average molecular weight is 946 g/mol. The first-order valence-corrected chi connectivity index (χ1v) is 28.5. The molecule has 67 heavy (non-hydrogen) atoms. The normalized spacial score (nSPS) is 13.0. The van der Waals surface area contributed by atoms with Crippen LogP contribution in [-0.2, 0) is 28.6 Å². The molecule has 0 amide bonds. The standard InChI is InChI=1S/C59H109NO7/c1-6-8-10-12-14-16-18-20-22-24-26-28-29-30-32-33-35-37-39-41-43-45-47-49-57(61)66-54-55(53-65-52-51-56(59(63)64)60(3,4)5)67-58(62)50-48-46-44-42-40-38-36-34-31-27-25-23-21-19-17-15-13-11-9-7-2/h8,10,14,16,20,22,55-56H,6-7,9,11-13,15,17-19,21,23-54H2,1-5H3/p+1/b10-8+,16-14+,22-20+. The quantitative estimate of drug-likeness (QED) is 0.0281. The Kier molecular flexibility index (Phi) is 48.1. The Labute approximate surface area is 414 Å². The number of allylic oxidation sites excluding steroid dienone is 6. The van der Waals surface area contributed by atoms with Gasteiger partial charge < -0.3 is 23.8 Å². The SMILES string of the molecule is CC/C=C/C/C=C/C/C=C/CCCCCCCCCCCCCCCC(=O)OCC(COCCC(C(=O)O)[N+](C)(C)C)OC(=O)CCCCCCCCCCCCCCCCCCCCCC. The van der Waals surface area contributed by atoms with Crippen LogP contribution in [-0.4, -0.2) is 80.6 Å². The second kappa shape index (κ2) is 50.0. The van der Waals surface area contributed by atoms with Crippen LogP contribution in [0.1, 0.15) is 271 Å². The predicted molar refractivity (Wildman–Crippen MR) is 285 cm³/mol. The Hall–Kier alpha value is -2.45. The minimum absolute atomic E-state index is 0.0469. The molecular weight excluding hydrogens is 835 g/mol. The number of nitrogens with zero attached hydrogens (tertiary/aromatic N) is 1. The van der Waals surface area contributed by atoms with Crippen molar-refractivity contribution in [2.75, 3.05) is 41.0 Å². The first kappa shape index (κ1) is 64.5. The van der Waals surface area contributed by atoms with Gasteiger partial charge in [-0.15, -0.1) is 0 Å². The van der Waals surface area contributed by atoms with Gasteiger partial charge in [0.15, 0.2) is 12.1 Å². The van der Waals surface area contributed by atoms with Crippen molar-refractivity contribution in [3.63, 3.8) is 0 Å². The smallest absolute Gasteiger partial charge is 0.362 e. The number of likely N-dealkylation sites (N-methyl/N-ethyl adjacent to an activating group) is 1. The lowest BCUT2D eigenvalue weighted by molar-refractivity contribution is -0.887. The van der Waals surface area contributed by atoms with Crippen molar-refractivity contribution < 1.29 is 38.2 Å². The summed E-state index contributed by atoms with van der Waals surface area (Å²) < 4.78 is 17.4. The molecule has 2 atom stereocenters. The van der Waals surface area contributed by atoms with Crippen LogP contribution in [0.3, 0.4) is 0 Å². The maximum Gasteiger partial charge on any atom is 0.362 e. The molecule has 0 bridgehead atoms. The molecule has 8 heteroatoms. The fourth-order valence-corrected chi connectivity index (χ4v) is 8.70. The molecule has 0 aromatic carbocycles. The molecule has 0 heterocycles. The molecule has 0 saturated carbocycles. The second-order valence-electron chi connectivity index (χ2n) is 20.5. The summed E-state index contributed by atoms with van der Waals surface area (Å²) in [6.07, 6.45) is 60.6. The molecule has 392 valence electrons. The van der Waals surface area contributed by atoms with Crippen LogP contribution in [0.15, 0.2) is 36.5 Å². The number of ether oxygens (including phenoxy) is 3. The molecule has 0 spiro atoms. The van der Waals surface area contributed by atoms with Crippen molar-refractivity contribution in [1.82, 2.24) is 0 Å². The average Bonchev–Trinajstić information content (AvgIpc) is 3.29. The highest BCUT2D eigenvalue weighted by Crippen LogP contribution is 2.17. The predicted octanol–water partition coefficient (Wildman–Crippen LogP) is 16.9. The molecule has 8 nitrogen and oxygen atoms in total. The molecule has 1 N–H and O–H groups in total. The topological polar surface area (TPSA) is 99.1 Å². The number of aliphatic carboxylic acids is 1. The Morgan fingerprint density at radius 2 is 0.836 bits per heavy atom. The van der Waals surface area contributed by atoms with Gasteiger partial charge >= 0.3 is 17.9 Å². The lowest BCUT2D eigenvalue weighted by Gasteiger charge is -2.31. The summed E-state index contributed by atoms with van der Waals surface area (Å²) >= 11 is 0. The maximum atomic E-state index is 12.8. The van der Waals surface area contributed by atoms with Crippen molar-refractivity contribution >= 4 is 17.9 Å². The van der Waals surface area contributed by atoms with E-state index in [2.05, 4.69) is 50.3 Å². The maximum absolute atomic E-state index is 12.8. The van der Waals surface area contributed by atoms with Crippen molar-refractivity contribution in [2.45, 2.75) is 283 Å². The van der Waals surface area contributed by atoms with Crippen LogP contribution in [0, 0.1) is 0 Å². The van der Waals surface area contributed by atoms with Gasteiger partial charge in [-0.25, -0.2) is 4.79 Å². The molecule has 0 aromatic rings. The van der Waals surface area contributed by atoms with Crippen molar-refractivity contribution in [2.24, 2.45) is 0 Å². The summed E-state index contributed by atoms with van der Waals surface area (Å²) in [5.74, 6) is -1.45. The Morgan fingerprint density at radius 3 is 1.24 bits per heavy atom. The number of rotatable bonds is 52. The minimum atomic E-state index is -0.871. The highest BCUT2D eigenvalue weighted by atomic mass is 16.6. The number of unbranched alkanes of at least 4 members (excludes halogenated alkanes) is 32. The molecule has 0 aliphatic rings. The van der Waals surface area contributed by atoms with Gasteiger partial charge in [0.2, 0.25) is 0 Å². The van der Waals surface area contributed by atoms with Gasteiger partial charge in [-0.3, -0.25) is 9.59 Å². The molecule has 0 rings (SSSR count). The molecular formula is C59H110NO7+. The number of hydrogen-bond donors (Lipinski definition) is 1. The van der Waals surface area contributed by atoms with E-state index in [4.69, 9.17) is 14.2 Å². The Morgan fingerprint density at radius 1 is 0.463 bits per heavy atom. The third-order valence-electron chi connectivity index (χ3n) is 13.1. The largest absolute Gasteiger partial charge is 0.477 e. The fraction of sp³-hybridized carbons (Fsp3) is 0.847. The number of hydrogen-bond acceptors (Lipinski definition) is 6. The van der Waals surface area contributed by atoms with E-state index in [1.54, 1.807) is 0 Å². The van der Waals surface area contributed by atoms with Gasteiger partial charge in [-0.05, 0) is 44.9 Å². The molecule has 0 aromatic heterocycles. The number of carboxylic acids is 1. The third-order valence-corrected chi connectivity index (χ3v) is 13.1. The molecule has 0 aliphatic carbocycles. The third kappa shape index (κ3) is 48.4. The summed E-state index contributed by atoms with van der Waals surface area (Å²) in [6, 6.07) is -0.613. The minimum Gasteiger partial charge on any atom is -0.477 e. The zero-order valence-corrected chi connectivity index (χ0v) is 44.9. The second-order valence-corrected chi connectivity index (χ2v) is 20.5. The van der Waals surface area contributed by atoms with Crippen molar-refractivity contribution in [1.29, 1.82) is 0 Å². The van der Waals surface area contributed by atoms with E-state index < -0.39 is 18.1 Å². The van der Waals surface area contributed by atoms with E-state index in [1.807, 2.05) is 21.1 Å². The Balaban J connectivity index is 4.13. The van der Waals surface area contributed by atoms with Gasteiger partial charge in [0.25, 0.3) is 0 Å². The molecule has 0 fully saturated rings. The van der Waals surface area contributed by atoms with E-state index in [0.29, 0.717) is 19.3 Å². The zero-order valence-electron chi connectivity index (χ0n) is 44.9. The van der Waals surface area contributed by atoms with Crippen LogP contribution in [0.25, 0.3) is 0 Å². The van der Waals surface area contributed by atoms with Crippen LogP contribution < -0.4 is 0 Å². The van der Waals surface area contributed by atoms with Gasteiger partial charge in [0.1, 0.15) is 6.61 Å². The molecule has 2 unspecified atom stereocenters. The highest BCUT2D eigenvalue weighted by molar-refractivity contribution is 5.72.